The fraction of sp³-hybridized carbons (Fsp3) is 0.0824. The summed E-state index contributed by atoms with van der Waals surface area (Å²) in [5.74, 6) is -9.58. The van der Waals surface area contributed by atoms with E-state index in [0.29, 0.717) is 39.8 Å². The van der Waals surface area contributed by atoms with Crippen molar-refractivity contribution >= 4 is 103 Å². The van der Waals surface area contributed by atoms with Gasteiger partial charge in [-0.2, -0.15) is 0 Å². The van der Waals surface area contributed by atoms with Crippen molar-refractivity contribution in [1.82, 2.24) is 0 Å². The first kappa shape index (κ1) is 72.0. The maximum Gasteiger partial charge on any atom is 0.343 e. The average Bonchev–Trinajstić information content (AvgIpc) is 0.723. The third-order valence-corrected chi connectivity index (χ3v) is 16.4. The zero-order chi connectivity index (χ0) is 73.4. The van der Waals surface area contributed by atoms with Crippen LogP contribution in [0.3, 0.4) is 0 Å². The third kappa shape index (κ3) is 18.0. The smallest absolute Gasteiger partial charge is 0.343 e. The van der Waals surface area contributed by atoms with Crippen LogP contribution in [0.4, 0.5) is 0 Å². The van der Waals surface area contributed by atoms with Crippen molar-refractivity contribution in [1.29, 1.82) is 0 Å². The Morgan fingerprint density at radius 1 is 0.223 bits per heavy atom. The molecule has 10 aromatic carbocycles. The molecule has 0 heterocycles. The van der Waals surface area contributed by atoms with E-state index in [1.54, 1.807) is 72.8 Å². The van der Waals surface area contributed by atoms with E-state index in [-0.39, 0.29) is 173 Å². The minimum atomic E-state index is -0.970. The van der Waals surface area contributed by atoms with Gasteiger partial charge in [0.25, 0.3) is 0 Å². The summed E-state index contributed by atoms with van der Waals surface area (Å²) in [5, 5.41) is 0.828. The quantitative estimate of drug-likeness (QED) is 0.0169. The molecule has 0 amide bonds. The van der Waals surface area contributed by atoms with Crippen molar-refractivity contribution in [3.8, 4) is 34.5 Å². The Bertz CT molecular complexity index is 5080. The van der Waals surface area contributed by atoms with Crippen molar-refractivity contribution in [2.75, 3.05) is 0 Å². The molecule has 0 bridgehead atoms. The summed E-state index contributed by atoms with van der Waals surface area (Å²) in [5.41, 5.74) is 3.46. The Morgan fingerprint density at radius 2 is 0.379 bits per heavy atom. The zero-order valence-electron chi connectivity index (χ0n) is 55.3. The van der Waals surface area contributed by atoms with E-state index in [2.05, 4.69) is 39.5 Å². The molecule has 18 nitrogen and oxygen atoms in total. The van der Waals surface area contributed by atoms with E-state index in [1.807, 2.05) is 0 Å². The van der Waals surface area contributed by atoms with Gasteiger partial charge in [0.05, 0.1) is 33.4 Å². The van der Waals surface area contributed by atoms with Crippen LogP contribution in [0.2, 0.25) is 0 Å². The molecule has 0 unspecified atom stereocenters. The molecule has 0 aromatic heterocycles. The van der Waals surface area contributed by atoms with Crippen LogP contribution in [-0.4, -0.2) is 70.5 Å². The molecule has 0 N–H and O–H groups in total. The van der Waals surface area contributed by atoms with Gasteiger partial charge in [-0.15, -0.1) is 0 Å². The summed E-state index contributed by atoms with van der Waals surface area (Å²) < 4.78 is 37.2. The number of aryl methyl sites for hydroxylation is 1. The maximum atomic E-state index is 14.6. The van der Waals surface area contributed by atoms with E-state index in [0.717, 1.165) is 0 Å². The first-order chi connectivity index (χ1) is 49.6. The Balaban J connectivity index is 1.23. The monoisotopic (exact) mass is 1370 g/mol. The highest BCUT2D eigenvalue weighted by Crippen LogP contribution is 2.48. The molecular formula is C85H62O18. The van der Waals surface area contributed by atoms with E-state index in [1.165, 1.54) is 146 Å². The van der Waals surface area contributed by atoms with Gasteiger partial charge in [0.15, 0.2) is 69.2 Å². The van der Waals surface area contributed by atoms with E-state index in [9.17, 15) is 57.5 Å². The van der Waals surface area contributed by atoms with Crippen LogP contribution < -0.4 is 28.4 Å². The van der Waals surface area contributed by atoms with Gasteiger partial charge >= 0.3 is 35.8 Å². The highest BCUT2D eigenvalue weighted by atomic mass is 16.6. The third-order valence-electron chi connectivity index (χ3n) is 16.4. The van der Waals surface area contributed by atoms with Crippen LogP contribution in [0.1, 0.15) is 102 Å². The predicted molar refractivity (Wildman–Crippen MR) is 385 cm³/mol. The Labute approximate surface area is 590 Å². The van der Waals surface area contributed by atoms with E-state index in [4.69, 9.17) is 28.4 Å². The summed E-state index contributed by atoms with van der Waals surface area (Å²) >= 11 is 0. The van der Waals surface area contributed by atoms with Gasteiger partial charge in [-0.25, -0.2) is 28.8 Å². The molecule has 10 rings (SSSR count). The van der Waals surface area contributed by atoms with Crippen molar-refractivity contribution < 1.29 is 86.0 Å². The van der Waals surface area contributed by atoms with Gasteiger partial charge in [0, 0.05) is 38.5 Å². The Morgan fingerprint density at radius 3 is 0.534 bits per heavy atom. The number of allylic oxidation sites excluding steroid dienone is 6. The van der Waals surface area contributed by atoms with Crippen LogP contribution in [0.15, 0.2) is 258 Å². The molecule has 0 saturated carbocycles. The number of benzene rings is 10. The number of esters is 6. The number of carbonyl (C=O) groups excluding carboxylic acids is 12. The molecule has 0 aliphatic heterocycles. The summed E-state index contributed by atoms with van der Waals surface area (Å²) in [4.78, 5) is 161. The molecule has 18 heteroatoms. The number of rotatable bonds is 31. The summed E-state index contributed by atoms with van der Waals surface area (Å²) in [6.45, 7) is 21.2. The predicted octanol–water partition coefficient (Wildman–Crippen LogP) is 14.6. The number of ketones is 6. The van der Waals surface area contributed by atoms with Crippen molar-refractivity contribution in [3.05, 3.63) is 325 Å². The van der Waals surface area contributed by atoms with Crippen LogP contribution in [0.25, 0.3) is 32.3 Å². The van der Waals surface area contributed by atoms with Crippen LogP contribution in [0.5, 0.6) is 34.5 Å². The number of ether oxygens (including phenoxy) is 6. The Kier molecular flexibility index (Phi) is 22.9. The molecule has 0 saturated heterocycles. The van der Waals surface area contributed by atoms with Gasteiger partial charge < -0.3 is 28.4 Å². The molecule has 10 aromatic rings. The fourth-order valence-corrected chi connectivity index (χ4v) is 10.8. The summed E-state index contributed by atoms with van der Waals surface area (Å²) in [6.07, 6.45) is 7.48. The van der Waals surface area contributed by atoms with Gasteiger partial charge in [0.1, 0.15) is 0 Å². The van der Waals surface area contributed by atoms with E-state index < -0.39 is 35.8 Å². The first-order valence-electron chi connectivity index (χ1n) is 32.0. The lowest BCUT2D eigenvalue weighted by molar-refractivity contribution is -0.115. The molecule has 0 aliphatic carbocycles. The second-order valence-electron chi connectivity index (χ2n) is 23.5. The fourth-order valence-electron chi connectivity index (χ4n) is 10.8. The maximum absolute atomic E-state index is 14.6. The normalized spacial score (nSPS) is 10.7. The second-order valence-corrected chi connectivity index (χ2v) is 23.5. The van der Waals surface area contributed by atoms with Crippen LogP contribution in [-0.2, 0) is 67.3 Å². The van der Waals surface area contributed by atoms with Crippen molar-refractivity contribution in [3.63, 3.8) is 0 Å². The molecule has 0 aliphatic rings. The highest BCUT2D eigenvalue weighted by molar-refractivity contribution is 6.27. The van der Waals surface area contributed by atoms with Gasteiger partial charge in [-0.1, -0.05) is 112 Å². The largest absolute Gasteiger partial charge is 0.419 e. The first-order valence-corrected chi connectivity index (χ1v) is 32.0. The number of fused-ring (bicyclic) bond motifs is 6. The molecule has 103 heavy (non-hydrogen) atoms. The number of carbonyl (C=O) groups is 12. The number of hydrogen-bond acceptors (Lipinski definition) is 18. The van der Waals surface area contributed by atoms with Gasteiger partial charge in [0.2, 0.25) is 0 Å². The van der Waals surface area contributed by atoms with Gasteiger partial charge in [-0.05, 0) is 218 Å². The van der Waals surface area contributed by atoms with Crippen molar-refractivity contribution in [2.24, 2.45) is 0 Å². The topological polar surface area (TPSA) is 260 Å². The van der Waals surface area contributed by atoms with Crippen LogP contribution in [0, 0.1) is 0 Å². The summed E-state index contributed by atoms with van der Waals surface area (Å²) in [6, 6.07) is 44.1. The molecule has 0 spiro atoms. The zero-order valence-corrected chi connectivity index (χ0v) is 55.3. The minimum Gasteiger partial charge on any atom is -0.419 e. The SMILES string of the molecule is C=CC(=O)CCc1ccc(C(=O)Oc2cc3c(cc2OC(=O)c2ccc(CC(=O)C=C)cc2)c2cc(OC(=O)c4ccc(CC(=O)C=C)cc4)c(OC(=O)c4ccc(CC(=O)C=C)cc4)cc2c2cc(OC(=O)c4ccc(CC(=O)C=C)cc4)c(OC(=O)c4ccc(CC(=O)C=C)cc4)cc32)cc1. The molecule has 0 fully saturated rings. The van der Waals surface area contributed by atoms with E-state index >= 15 is 0 Å². The molecular weight excluding hydrogens is 1310 g/mol. The lowest BCUT2D eigenvalue weighted by atomic mass is 9.93. The standard InChI is InChI=1S/C85H62O18/c1-7-62(86)38-25-50-13-26-56(27-14-50)80(92)98-74-44-68-69(45-75(74)99-81(93)57-28-15-51(16-29-57)39-63(87)8-2)71-47-77(101-83(95)59-32-19-53(20-33-59)41-65(89)10-4)79(103-85(97)61-36-23-55(24-37-61)43-67(91)12-6)49-73(71)72-48-78(102-84(96)60-34-21-54(22-35-60)42-66(90)11-5)76(46-70(68)72)100-82(94)58-30-17-52(18-31-58)40-64(88)9-3/h7-24,26-37,44-49H,1-6,25,38-43H2. The second kappa shape index (κ2) is 32.7. The molecule has 0 radical (unpaired) electrons. The van der Waals surface area contributed by atoms with Crippen LogP contribution >= 0.6 is 0 Å². The molecule has 510 valence electrons. The highest BCUT2D eigenvalue weighted by Gasteiger charge is 2.27. The molecule has 0 atom stereocenters. The van der Waals surface area contributed by atoms with Gasteiger partial charge in [-0.3, -0.25) is 28.8 Å². The number of hydrogen-bond donors (Lipinski definition) is 0. The van der Waals surface area contributed by atoms with Crippen molar-refractivity contribution in [2.45, 2.75) is 44.9 Å². The average molecular weight is 1370 g/mol. The Hall–Kier alpha value is -13.7. The summed E-state index contributed by atoms with van der Waals surface area (Å²) in [7, 11) is 0. The minimum absolute atomic E-state index is 0.00544. The lowest BCUT2D eigenvalue weighted by Gasteiger charge is -2.19. The lowest BCUT2D eigenvalue weighted by Crippen LogP contribution is -2.14.